The van der Waals surface area contributed by atoms with Gasteiger partial charge < -0.3 is 10.4 Å². The normalized spacial score (nSPS) is 10.5. The molecule has 5 heteroatoms. The Bertz CT molecular complexity index is 429. The van der Waals surface area contributed by atoms with E-state index in [0.29, 0.717) is 12.1 Å². The molecule has 0 spiro atoms. The first-order chi connectivity index (χ1) is 9.06. The summed E-state index contributed by atoms with van der Waals surface area (Å²) in [6, 6.07) is 6.13. The van der Waals surface area contributed by atoms with Crippen LogP contribution in [0, 0.1) is 0 Å². The third-order valence-corrected chi connectivity index (χ3v) is 2.74. The number of ketones is 1. The second-order valence-corrected chi connectivity index (χ2v) is 4.35. The number of benzene rings is 1. The maximum Gasteiger partial charge on any atom is 0.233 e. The van der Waals surface area contributed by atoms with Crippen molar-refractivity contribution in [3.8, 4) is 5.75 Å². The molecule has 0 aliphatic carbocycles. The average Bonchev–Trinajstić information content (AvgIpc) is 2.39. The van der Waals surface area contributed by atoms with Crippen LogP contribution in [-0.2, 0) is 4.79 Å². The van der Waals surface area contributed by atoms with Gasteiger partial charge in [-0.05, 0) is 37.2 Å². The Morgan fingerprint density at radius 1 is 1.21 bits per heavy atom. The zero-order chi connectivity index (χ0) is 14.3. The molecule has 0 aliphatic rings. The molecule has 0 fully saturated rings. The highest BCUT2D eigenvalue weighted by Gasteiger charge is 2.14. The van der Waals surface area contributed by atoms with Gasteiger partial charge in [-0.15, -0.1) is 0 Å². The minimum Gasteiger partial charge on any atom is -0.508 e. The molecule has 1 aromatic carbocycles. The quantitative estimate of drug-likeness (QED) is 0.722. The molecule has 5 nitrogen and oxygen atoms in total. The van der Waals surface area contributed by atoms with Gasteiger partial charge in [-0.1, -0.05) is 6.92 Å². The van der Waals surface area contributed by atoms with Crippen LogP contribution in [0.4, 0.5) is 0 Å². The fraction of sp³-hybridized carbons (Fsp3) is 0.429. The number of hydrogen-bond donors (Lipinski definition) is 2. The SMILES string of the molecule is CCCN(CC(=O)NC)CC(=O)c1ccc(O)cc1. The first-order valence-corrected chi connectivity index (χ1v) is 6.32. The van der Waals surface area contributed by atoms with Crippen LogP contribution in [-0.4, -0.2) is 48.4 Å². The van der Waals surface area contributed by atoms with Crippen molar-refractivity contribution >= 4 is 11.7 Å². The van der Waals surface area contributed by atoms with Crippen LogP contribution in [0.5, 0.6) is 5.75 Å². The molecule has 0 radical (unpaired) electrons. The summed E-state index contributed by atoms with van der Waals surface area (Å²) in [5.74, 6) is -0.0309. The largest absolute Gasteiger partial charge is 0.508 e. The molecule has 1 amide bonds. The lowest BCUT2D eigenvalue weighted by molar-refractivity contribution is -0.121. The molecular formula is C14H20N2O3. The summed E-state index contributed by atoms with van der Waals surface area (Å²) in [5, 5.41) is 11.7. The van der Waals surface area contributed by atoms with Gasteiger partial charge in [0.1, 0.15) is 5.75 Å². The fourth-order valence-corrected chi connectivity index (χ4v) is 1.75. The second kappa shape index (κ2) is 7.53. The van der Waals surface area contributed by atoms with Gasteiger partial charge in [0.05, 0.1) is 13.1 Å². The van der Waals surface area contributed by atoms with Gasteiger partial charge in [0.15, 0.2) is 5.78 Å². The Morgan fingerprint density at radius 3 is 2.37 bits per heavy atom. The first-order valence-electron chi connectivity index (χ1n) is 6.32. The van der Waals surface area contributed by atoms with Crippen LogP contribution in [0.3, 0.4) is 0 Å². The van der Waals surface area contributed by atoms with Gasteiger partial charge in [-0.3, -0.25) is 14.5 Å². The highest BCUT2D eigenvalue weighted by Crippen LogP contribution is 2.10. The van der Waals surface area contributed by atoms with Gasteiger partial charge in [0.2, 0.25) is 5.91 Å². The molecule has 0 heterocycles. The van der Waals surface area contributed by atoms with Crippen LogP contribution in [0.2, 0.25) is 0 Å². The number of aromatic hydroxyl groups is 1. The van der Waals surface area contributed by atoms with Crippen molar-refractivity contribution in [1.29, 1.82) is 0 Å². The Labute approximate surface area is 113 Å². The lowest BCUT2D eigenvalue weighted by atomic mass is 10.1. The van der Waals surface area contributed by atoms with Crippen LogP contribution < -0.4 is 5.32 Å². The number of carbonyl (C=O) groups excluding carboxylic acids is 2. The van der Waals surface area contributed by atoms with Gasteiger partial charge in [0.25, 0.3) is 0 Å². The summed E-state index contributed by atoms with van der Waals surface area (Å²) in [5.41, 5.74) is 0.538. The number of likely N-dealkylation sites (N-methyl/N-ethyl adjacent to an activating group) is 1. The lowest BCUT2D eigenvalue weighted by Crippen LogP contribution is -2.39. The summed E-state index contributed by atoms with van der Waals surface area (Å²) in [6.07, 6.45) is 0.875. The van der Waals surface area contributed by atoms with E-state index in [2.05, 4.69) is 5.32 Å². The van der Waals surface area contributed by atoms with Crippen LogP contribution in [0.1, 0.15) is 23.7 Å². The second-order valence-electron chi connectivity index (χ2n) is 4.35. The minimum absolute atomic E-state index is 0.0580. The molecule has 19 heavy (non-hydrogen) atoms. The number of Topliss-reactive ketones (excluding diaryl/α,β-unsaturated/α-hetero) is 1. The zero-order valence-electron chi connectivity index (χ0n) is 11.3. The molecule has 0 saturated heterocycles. The molecule has 1 aromatic rings. The van der Waals surface area contributed by atoms with Crippen molar-refractivity contribution in [2.45, 2.75) is 13.3 Å². The Kier molecular flexibility index (Phi) is 6.02. The number of amides is 1. The van der Waals surface area contributed by atoms with Crippen LogP contribution >= 0.6 is 0 Å². The third-order valence-electron chi connectivity index (χ3n) is 2.74. The molecule has 2 N–H and O–H groups in total. The van der Waals surface area contributed by atoms with Crippen molar-refractivity contribution in [2.75, 3.05) is 26.7 Å². The monoisotopic (exact) mass is 264 g/mol. The molecule has 0 bridgehead atoms. The van der Waals surface area contributed by atoms with Crippen molar-refractivity contribution in [1.82, 2.24) is 10.2 Å². The smallest absolute Gasteiger partial charge is 0.233 e. The Morgan fingerprint density at radius 2 is 1.84 bits per heavy atom. The van der Waals surface area contributed by atoms with E-state index in [0.717, 1.165) is 6.42 Å². The summed E-state index contributed by atoms with van der Waals surface area (Å²) in [6.45, 7) is 3.11. The number of hydrogen-bond acceptors (Lipinski definition) is 4. The molecule has 0 aliphatic heterocycles. The number of nitrogens with one attached hydrogen (secondary N) is 1. The maximum absolute atomic E-state index is 12.1. The maximum atomic E-state index is 12.1. The number of rotatable bonds is 7. The van der Waals surface area contributed by atoms with E-state index in [1.807, 2.05) is 11.8 Å². The van der Waals surface area contributed by atoms with Crippen molar-refractivity contribution in [3.63, 3.8) is 0 Å². The van der Waals surface area contributed by atoms with Crippen LogP contribution in [0.25, 0.3) is 0 Å². The standard InChI is InChI=1S/C14H20N2O3/c1-3-8-16(10-14(19)15-2)9-13(18)11-4-6-12(17)7-5-11/h4-7,17H,3,8-10H2,1-2H3,(H,15,19). The van der Waals surface area contributed by atoms with E-state index < -0.39 is 0 Å². The zero-order valence-corrected chi connectivity index (χ0v) is 11.3. The summed E-state index contributed by atoms with van der Waals surface area (Å²) in [4.78, 5) is 25.2. The predicted molar refractivity (Wildman–Crippen MR) is 73.2 cm³/mol. The molecule has 0 saturated carbocycles. The molecule has 1 rings (SSSR count). The predicted octanol–water partition coefficient (Wildman–Crippen LogP) is 1.03. The third kappa shape index (κ3) is 5.09. The van der Waals surface area contributed by atoms with E-state index in [1.165, 1.54) is 12.1 Å². The molecule has 0 unspecified atom stereocenters. The van der Waals surface area contributed by atoms with Gasteiger partial charge >= 0.3 is 0 Å². The summed E-state index contributed by atoms with van der Waals surface area (Å²) in [7, 11) is 1.58. The Hall–Kier alpha value is -1.88. The average molecular weight is 264 g/mol. The lowest BCUT2D eigenvalue weighted by Gasteiger charge is -2.19. The summed E-state index contributed by atoms with van der Waals surface area (Å²) >= 11 is 0. The molecule has 0 atom stereocenters. The molecular weight excluding hydrogens is 244 g/mol. The van der Waals surface area contributed by atoms with Crippen LogP contribution in [0.15, 0.2) is 24.3 Å². The summed E-state index contributed by atoms with van der Waals surface area (Å²) < 4.78 is 0. The topological polar surface area (TPSA) is 69.6 Å². The number of phenols is 1. The van der Waals surface area contributed by atoms with E-state index in [4.69, 9.17) is 0 Å². The van der Waals surface area contributed by atoms with E-state index in [9.17, 15) is 14.7 Å². The number of carbonyl (C=O) groups is 2. The Balaban J connectivity index is 2.65. The minimum atomic E-state index is -0.105. The van der Waals surface area contributed by atoms with Gasteiger partial charge in [-0.25, -0.2) is 0 Å². The van der Waals surface area contributed by atoms with Crippen molar-refractivity contribution in [3.05, 3.63) is 29.8 Å². The highest BCUT2D eigenvalue weighted by molar-refractivity contribution is 5.98. The number of nitrogens with zero attached hydrogens (tertiary/aromatic N) is 1. The van der Waals surface area contributed by atoms with Crippen molar-refractivity contribution in [2.24, 2.45) is 0 Å². The van der Waals surface area contributed by atoms with E-state index >= 15 is 0 Å². The highest BCUT2D eigenvalue weighted by atomic mass is 16.3. The first kappa shape index (κ1) is 15.2. The fourth-order valence-electron chi connectivity index (χ4n) is 1.75. The van der Waals surface area contributed by atoms with Gasteiger partial charge in [-0.2, -0.15) is 0 Å². The number of phenolic OH excluding ortho intramolecular Hbond substituents is 1. The van der Waals surface area contributed by atoms with Gasteiger partial charge in [0, 0.05) is 12.6 Å². The van der Waals surface area contributed by atoms with E-state index in [1.54, 1.807) is 19.2 Å². The van der Waals surface area contributed by atoms with Crippen molar-refractivity contribution < 1.29 is 14.7 Å². The van der Waals surface area contributed by atoms with E-state index in [-0.39, 0.29) is 30.5 Å². The molecule has 0 aromatic heterocycles. The molecule has 104 valence electrons.